The molecule has 0 aromatic carbocycles. The van der Waals surface area contributed by atoms with E-state index in [1.807, 2.05) is 27.7 Å². The summed E-state index contributed by atoms with van der Waals surface area (Å²) < 4.78 is 0. The van der Waals surface area contributed by atoms with E-state index in [2.05, 4.69) is 20.7 Å². The lowest BCUT2D eigenvalue weighted by Gasteiger charge is -2.20. The maximum atomic E-state index is 8.83. The zero-order chi connectivity index (χ0) is 13.1. The van der Waals surface area contributed by atoms with E-state index >= 15 is 0 Å². The summed E-state index contributed by atoms with van der Waals surface area (Å²) in [6.45, 7) is 8.49. The van der Waals surface area contributed by atoms with E-state index in [-0.39, 0.29) is 12.0 Å². The SMILES string of the molecule is Cc1c(NN)nc(C(C)(C)C)nc1NCCO. The van der Waals surface area contributed by atoms with Crippen LogP contribution in [0.4, 0.5) is 11.6 Å². The molecule has 1 aromatic heterocycles. The Balaban J connectivity index is 3.19. The number of aliphatic hydroxyl groups excluding tert-OH is 1. The van der Waals surface area contributed by atoms with Gasteiger partial charge in [-0.1, -0.05) is 20.8 Å². The average Bonchev–Trinajstić information content (AvgIpc) is 2.26. The van der Waals surface area contributed by atoms with Crippen molar-refractivity contribution in [3.63, 3.8) is 0 Å². The van der Waals surface area contributed by atoms with Crippen molar-refractivity contribution in [3.05, 3.63) is 11.4 Å². The third kappa shape index (κ3) is 3.28. The number of hydrogen-bond donors (Lipinski definition) is 4. The maximum Gasteiger partial charge on any atom is 0.148 e. The number of nitrogens with two attached hydrogens (primary N) is 1. The van der Waals surface area contributed by atoms with E-state index in [4.69, 9.17) is 10.9 Å². The Morgan fingerprint density at radius 3 is 2.29 bits per heavy atom. The molecule has 5 N–H and O–H groups in total. The molecule has 0 aliphatic carbocycles. The minimum atomic E-state index is -0.158. The molecule has 1 aromatic rings. The summed E-state index contributed by atoms with van der Waals surface area (Å²) >= 11 is 0. The highest BCUT2D eigenvalue weighted by atomic mass is 16.3. The Morgan fingerprint density at radius 2 is 1.82 bits per heavy atom. The second kappa shape index (κ2) is 5.29. The molecule has 0 unspecified atom stereocenters. The molecule has 6 heteroatoms. The second-order valence-electron chi connectivity index (χ2n) is 4.91. The average molecular weight is 239 g/mol. The molecule has 0 atom stereocenters. The summed E-state index contributed by atoms with van der Waals surface area (Å²) in [4.78, 5) is 8.84. The molecule has 0 fully saturated rings. The standard InChI is InChI=1S/C11H21N5O/c1-7-8(13-5-6-17)14-10(11(2,3)4)15-9(7)16-12/h17H,5-6,12H2,1-4H3,(H2,13,14,15,16). The van der Waals surface area contributed by atoms with E-state index in [1.54, 1.807) is 0 Å². The third-order valence-electron chi connectivity index (χ3n) is 2.36. The van der Waals surface area contributed by atoms with Crippen LogP contribution in [0.5, 0.6) is 0 Å². The van der Waals surface area contributed by atoms with Gasteiger partial charge < -0.3 is 15.8 Å². The Hall–Kier alpha value is -1.40. The van der Waals surface area contributed by atoms with Gasteiger partial charge in [-0.3, -0.25) is 0 Å². The third-order valence-corrected chi connectivity index (χ3v) is 2.36. The van der Waals surface area contributed by atoms with Crippen LogP contribution in [0.25, 0.3) is 0 Å². The highest BCUT2D eigenvalue weighted by Gasteiger charge is 2.20. The summed E-state index contributed by atoms with van der Waals surface area (Å²) in [5.74, 6) is 7.45. The van der Waals surface area contributed by atoms with Gasteiger partial charge in [-0.05, 0) is 6.92 Å². The molecular formula is C11H21N5O. The van der Waals surface area contributed by atoms with Gasteiger partial charge in [-0.2, -0.15) is 0 Å². The van der Waals surface area contributed by atoms with Gasteiger partial charge in [0.25, 0.3) is 0 Å². The van der Waals surface area contributed by atoms with E-state index in [0.717, 1.165) is 5.56 Å². The fourth-order valence-electron chi connectivity index (χ4n) is 1.34. The van der Waals surface area contributed by atoms with Gasteiger partial charge in [-0.15, -0.1) is 0 Å². The van der Waals surface area contributed by atoms with Crippen molar-refractivity contribution >= 4 is 11.6 Å². The molecule has 0 bridgehead atoms. The highest BCUT2D eigenvalue weighted by Crippen LogP contribution is 2.25. The van der Waals surface area contributed by atoms with Gasteiger partial charge in [0.05, 0.1) is 6.61 Å². The number of hydrogen-bond acceptors (Lipinski definition) is 6. The summed E-state index contributed by atoms with van der Waals surface area (Å²) in [5.41, 5.74) is 3.25. The highest BCUT2D eigenvalue weighted by molar-refractivity contribution is 5.57. The summed E-state index contributed by atoms with van der Waals surface area (Å²) in [7, 11) is 0. The predicted molar refractivity (Wildman–Crippen MR) is 68.9 cm³/mol. The minimum absolute atomic E-state index is 0.0552. The molecule has 1 rings (SSSR count). The first-order chi connectivity index (χ1) is 7.90. The molecule has 0 saturated carbocycles. The molecule has 0 amide bonds. The Labute approximate surface area is 102 Å². The molecule has 0 saturated heterocycles. The maximum absolute atomic E-state index is 8.83. The van der Waals surface area contributed by atoms with Crippen molar-refractivity contribution in [2.75, 3.05) is 23.9 Å². The Bertz CT molecular complexity index is 386. The van der Waals surface area contributed by atoms with Crippen molar-refractivity contribution in [3.8, 4) is 0 Å². The topological polar surface area (TPSA) is 96.1 Å². The minimum Gasteiger partial charge on any atom is -0.395 e. The predicted octanol–water partition coefficient (Wildman–Crippen LogP) is 0.772. The number of aromatic nitrogens is 2. The molecule has 0 aliphatic heterocycles. The molecule has 6 nitrogen and oxygen atoms in total. The summed E-state index contributed by atoms with van der Waals surface area (Å²) in [6.07, 6.45) is 0. The van der Waals surface area contributed by atoms with E-state index < -0.39 is 0 Å². The van der Waals surface area contributed by atoms with E-state index in [0.29, 0.717) is 24.0 Å². The van der Waals surface area contributed by atoms with Gasteiger partial charge in [0.1, 0.15) is 17.5 Å². The van der Waals surface area contributed by atoms with Gasteiger partial charge >= 0.3 is 0 Å². The number of nitrogens with one attached hydrogen (secondary N) is 2. The number of anilines is 2. The molecule has 0 radical (unpaired) electrons. The number of hydrazine groups is 1. The quantitative estimate of drug-likeness (QED) is 0.458. The van der Waals surface area contributed by atoms with Gasteiger partial charge in [0, 0.05) is 17.5 Å². The zero-order valence-electron chi connectivity index (χ0n) is 10.8. The fourth-order valence-corrected chi connectivity index (χ4v) is 1.34. The summed E-state index contributed by atoms with van der Waals surface area (Å²) in [6, 6.07) is 0. The van der Waals surface area contributed by atoms with E-state index in [9.17, 15) is 0 Å². The second-order valence-corrected chi connectivity index (χ2v) is 4.91. The van der Waals surface area contributed by atoms with Crippen LogP contribution in [0.15, 0.2) is 0 Å². The van der Waals surface area contributed by atoms with Gasteiger partial charge in [0.15, 0.2) is 0 Å². The lowest BCUT2D eigenvalue weighted by molar-refractivity contribution is 0.311. The van der Waals surface area contributed by atoms with Crippen LogP contribution in [-0.2, 0) is 5.41 Å². The van der Waals surface area contributed by atoms with Crippen molar-refractivity contribution in [1.29, 1.82) is 0 Å². The zero-order valence-corrected chi connectivity index (χ0v) is 10.8. The van der Waals surface area contributed by atoms with Crippen molar-refractivity contribution in [2.24, 2.45) is 5.84 Å². The normalized spacial score (nSPS) is 11.4. The molecule has 0 spiro atoms. The fraction of sp³-hybridized carbons (Fsp3) is 0.636. The number of nitrogens with zero attached hydrogens (tertiary/aromatic N) is 2. The molecule has 96 valence electrons. The molecular weight excluding hydrogens is 218 g/mol. The van der Waals surface area contributed by atoms with Crippen LogP contribution in [0.3, 0.4) is 0 Å². The molecule has 1 heterocycles. The van der Waals surface area contributed by atoms with Gasteiger partial charge in [0.2, 0.25) is 0 Å². The van der Waals surface area contributed by atoms with Crippen LogP contribution < -0.4 is 16.6 Å². The Kier molecular flexibility index (Phi) is 4.25. The van der Waals surface area contributed by atoms with Crippen molar-refractivity contribution < 1.29 is 5.11 Å². The van der Waals surface area contributed by atoms with Crippen LogP contribution >= 0.6 is 0 Å². The van der Waals surface area contributed by atoms with Crippen molar-refractivity contribution in [1.82, 2.24) is 9.97 Å². The lowest BCUT2D eigenvalue weighted by atomic mass is 9.95. The van der Waals surface area contributed by atoms with E-state index in [1.165, 1.54) is 0 Å². The first kappa shape index (κ1) is 13.7. The summed E-state index contributed by atoms with van der Waals surface area (Å²) in [5, 5.41) is 11.9. The van der Waals surface area contributed by atoms with Crippen molar-refractivity contribution in [2.45, 2.75) is 33.1 Å². The van der Waals surface area contributed by atoms with Crippen LogP contribution in [0.2, 0.25) is 0 Å². The number of aliphatic hydroxyl groups is 1. The van der Waals surface area contributed by atoms with Crippen LogP contribution in [-0.4, -0.2) is 28.2 Å². The largest absolute Gasteiger partial charge is 0.395 e. The lowest BCUT2D eigenvalue weighted by Crippen LogP contribution is -2.22. The first-order valence-electron chi connectivity index (χ1n) is 5.60. The van der Waals surface area contributed by atoms with Crippen LogP contribution in [0.1, 0.15) is 32.2 Å². The monoisotopic (exact) mass is 239 g/mol. The molecule has 17 heavy (non-hydrogen) atoms. The van der Waals surface area contributed by atoms with Crippen LogP contribution in [0, 0.1) is 6.92 Å². The first-order valence-corrected chi connectivity index (χ1v) is 5.60. The number of nitrogen functional groups attached to an aromatic ring is 1. The van der Waals surface area contributed by atoms with Gasteiger partial charge in [-0.25, -0.2) is 15.8 Å². The Morgan fingerprint density at radius 1 is 1.24 bits per heavy atom. The number of rotatable bonds is 4. The smallest absolute Gasteiger partial charge is 0.148 e. The molecule has 0 aliphatic rings.